The Morgan fingerprint density at radius 1 is 1.47 bits per heavy atom. The molecule has 1 aromatic rings. The molecule has 82 valence electrons. The van der Waals surface area contributed by atoms with E-state index in [1.165, 1.54) is 12.8 Å². The van der Waals surface area contributed by atoms with Crippen molar-refractivity contribution in [1.29, 1.82) is 0 Å². The molecular formula is C11H16ClN3. The molecule has 1 aromatic heterocycles. The molecule has 1 atom stereocenters. The Morgan fingerprint density at radius 2 is 2.27 bits per heavy atom. The van der Waals surface area contributed by atoms with E-state index in [0.29, 0.717) is 10.9 Å². The summed E-state index contributed by atoms with van der Waals surface area (Å²) in [5.41, 5.74) is 1.01. The molecule has 0 saturated carbocycles. The quantitative estimate of drug-likeness (QED) is 0.813. The fraction of sp³-hybridized carbons (Fsp3) is 0.545. The molecule has 0 aliphatic carbocycles. The maximum Gasteiger partial charge on any atom is 0.149 e. The van der Waals surface area contributed by atoms with Gasteiger partial charge in [-0.2, -0.15) is 0 Å². The Hall–Kier alpha value is -0.960. The highest BCUT2D eigenvalue weighted by Crippen LogP contribution is 2.26. The second-order valence-electron chi connectivity index (χ2n) is 3.97. The Labute approximate surface area is 95.2 Å². The van der Waals surface area contributed by atoms with Gasteiger partial charge in [-0.05, 0) is 18.4 Å². The van der Waals surface area contributed by atoms with Crippen LogP contribution in [0.2, 0.25) is 5.02 Å². The first-order chi connectivity index (χ1) is 7.29. The molecule has 0 fully saturated rings. The van der Waals surface area contributed by atoms with E-state index in [9.17, 15) is 0 Å². The Kier molecular flexibility index (Phi) is 3.31. The molecule has 2 rings (SSSR count). The van der Waals surface area contributed by atoms with E-state index in [1.807, 2.05) is 6.07 Å². The molecule has 0 aromatic carbocycles. The third-order valence-electron chi connectivity index (χ3n) is 2.69. The zero-order valence-electron chi connectivity index (χ0n) is 8.89. The molecular weight excluding hydrogens is 210 g/mol. The smallest absolute Gasteiger partial charge is 0.149 e. The lowest BCUT2D eigenvalue weighted by Gasteiger charge is -2.12. The van der Waals surface area contributed by atoms with Crippen LogP contribution in [0.5, 0.6) is 0 Å². The summed E-state index contributed by atoms with van der Waals surface area (Å²) >= 11 is 5.90. The summed E-state index contributed by atoms with van der Waals surface area (Å²) in [6.07, 6.45) is 4.13. The molecule has 0 saturated heterocycles. The molecule has 2 N–H and O–H groups in total. The number of nitrogens with one attached hydrogen (secondary N) is 2. The minimum Gasteiger partial charge on any atom is -0.382 e. The Balaban J connectivity index is 2.11. The maximum absolute atomic E-state index is 5.90. The monoisotopic (exact) mass is 225 g/mol. The number of anilines is 2. The van der Waals surface area contributed by atoms with Gasteiger partial charge in [0.1, 0.15) is 5.82 Å². The SMILES string of the molecule is CCCC1CNc2cc(Cl)cnc2NC1. The van der Waals surface area contributed by atoms with E-state index in [-0.39, 0.29) is 0 Å². The average Bonchev–Trinajstić information content (AvgIpc) is 2.42. The van der Waals surface area contributed by atoms with E-state index in [0.717, 1.165) is 24.6 Å². The van der Waals surface area contributed by atoms with Gasteiger partial charge in [-0.1, -0.05) is 24.9 Å². The summed E-state index contributed by atoms with van der Waals surface area (Å²) in [4.78, 5) is 4.27. The van der Waals surface area contributed by atoms with Crippen LogP contribution in [0.15, 0.2) is 12.3 Å². The van der Waals surface area contributed by atoms with E-state index in [2.05, 4.69) is 22.5 Å². The minimum absolute atomic E-state index is 0.669. The van der Waals surface area contributed by atoms with Crippen LogP contribution < -0.4 is 10.6 Å². The molecule has 15 heavy (non-hydrogen) atoms. The van der Waals surface area contributed by atoms with E-state index >= 15 is 0 Å². The van der Waals surface area contributed by atoms with Crippen molar-refractivity contribution < 1.29 is 0 Å². The van der Waals surface area contributed by atoms with Crippen molar-refractivity contribution in [3.05, 3.63) is 17.3 Å². The second kappa shape index (κ2) is 4.71. The zero-order valence-corrected chi connectivity index (χ0v) is 9.64. The van der Waals surface area contributed by atoms with Crippen molar-refractivity contribution in [3.63, 3.8) is 0 Å². The van der Waals surface area contributed by atoms with Crippen molar-refractivity contribution >= 4 is 23.1 Å². The van der Waals surface area contributed by atoms with Crippen LogP contribution in [0.1, 0.15) is 19.8 Å². The van der Waals surface area contributed by atoms with Crippen molar-refractivity contribution in [1.82, 2.24) is 4.98 Å². The van der Waals surface area contributed by atoms with Gasteiger partial charge < -0.3 is 10.6 Å². The summed E-state index contributed by atoms with van der Waals surface area (Å²) in [7, 11) is 0. The van der Waals surface area contributed by atoms with E-state index in [4.69, 9.17) is 11.6 Å². The third-order valence-corrected chi connectivity index (χ3v) is 2.90. The number of nitrogens with zero attached hydrogens (tertiary/aromatic N) is 1. The molecule has 0 spiro atoms. The molecule has 1 unspecified atom stereocenters. The largest absolute Gasteiger partial charge is 0.382 e. The highest BCUT2D eigenvalue weighted by molar-refractivity contribution is 6.30. The highest BCUT2D eigenvalue weighted by Gasteiger charge is 2.15. The average molecular weight is 226 g/mol. The van der Waals surface area contributed by atoms with Gasteiger partial charge in [0.2, 0.25) is 0 Å². The predicted octanol–water partition coefficient (Wildman–Crippen LogP) is 2.99. The van der Waals surface area contributed by atoms with Crippen LogP contribution in [-0.2, 0) is 0 Å². The van der Waals surface area contributed by atoms with Crippen LogP contribution in [0.4, 0.5) is 11.5 Å². The number of hydrogen-bond donors (Lipinski definition) is 2. The van der Waals surface area contributed by atoms with Gasteiger partial charge in [0.15, 0.2) is 0 Å². The number of pyridine rings is 1. The van der Waals surface area contributed by atoms with Crippen LogP contribution in [0, 0.1) is 5.92 Å². The van der Waals surface area contributed by atoms with E-state index < -0.39 is 0 Å². The second-order valence-corrected chi connectivity index (χ2v) is 4.40. The topological polar surface area (TPSA) is 37.0 Å². The van der Waals surface area contributed by atoms with Crippen molar-refractivity contribution in [2.24, 2.45) is 5.92 Å². The van der Waals surface area contributed by atoms with Gasteiger partial charge in [-0.25, -0.2) is 4.98 Å². The fourth-order valence-electron chi connectivity index (χ4n) is 1.89. The first-order valence-corrected chi connectivity index (χ1v) is 5.80. The predicted molar refractivity (Wildman–Crippen MR) is 64.6 cm³/mol. The van der Waals surface area contributed by atoms with Crippen LogP contribution >= 0.6 is 11.6 Å². The first-order valence-electron chi connectivity index (χ1n) is 5.43. The van der Waals surface area contributed by atoms with Gasteiger partial charge in [0.05, 0.1) is 10.7 Å². The number of aromatic nitrogens is 1. The first kappa shape index (κ1) is 10.6. The van der Waals surface area contributed by atoms with Gasteiger partial charge >= 0.3 is 0 Å². The minimum atomic E-state index is 0.669. The lowest BCUT2D eigenvalue weighted by Crippen LogP contribution is -2.18. The number of fused-ring (bicyclic) bond motifs is 1. The van der Waals surface area contributed by atoms with Crippen LogP contribution in [0.25, 0.3) is 0 Å². The normalized spacial score (nSPS) is 19.7. The van der Waals surface area contributed by atoms with Crippen molar-refractivity contribution in [2.45, 2.75) is 19.8 Å². The maximum atomic E-state index is 5.90. The molecule has 2 heterocycles. The lowest BCUT2D eigenvalue weighted by atomic mass is 10.0. The molecule has 0 radical (unpaired) electrons. The van der Waals surface area contributed by atoms with Gasteiger partial charge in [-0.3, -0.25) is 0 Å². The summed E-state index contributed by atoms with van der Waals surface area (Å²) in [5, 5.41) is 7.42. The van der Waals surface area contributed by atoms with Gasteiger partial charge in [0, 0.05) is 19.3 Å². The van der Waals surface area contributed by atoms with Gasteiger partial charge in [-0.15, -0.1) is 0 Å². The number of rotatable bonds is 2. The molecule has 4 heteroatoms. The van der Waals surface area contributed by atoms with Gasteiger partial charge in [0.25, 0.3) is 0 Å². The van der Waals surface area contributed by atoms with Crippen LogP contribution in [-0.4, -0.2) is 18.1 Å². The van der Waals surface area contributed by atoms with E-state index in [1.54, 1.807) is 6.20 Å². The Bertz CT molecular complexity index is 341. The summed E-state index contributed by atoms with van der Waals surface area (Å²) in [6, 6.07) is 1.92. The summed E-state index contributed by atoms with van der Waals surface area (Å²) in [6.45, 7) is 4.20. The fourth-order valence-corrected chi connectivity index (χ4v) is 2.05. The van der Waals surface area contributed by atoms with Crippen molar-refractivity contribution in [2.75, 3.05) is 23.7 Å². The number of hydrogen-bond acceptors (Lipinski definition) is 3. The van der Waals surface area contributed by atoms with Crippen LogP contribution in [0.3, 0.4) is 0 Å². The lowest BCUT2D eigenvalue weighted by molar-refractivity contribution is 0.531. The Morgan fingerprint density at radius 3 is 3.07 bits per heavy atom. The number of halogens is 1. The third kappa shape index (κ3) is 2.53. The zero-order chi connectivity index (χ0) is 10.7. The highest BCUT2D eigenvalue weighted by atomic mass is 35.5. The molecule has 0 bridgehead atoms. The molecule has 3 nitrogen and oxygen atoms in total. The molecule has 1 aliphatic heterocycles. The molecule has 0 amide bonds. The van der Waals surface area contributed by atoms with Crippen molar-refractivity contribution in [3.8, 4) is 0 Å². The molecule has 1 aliphatic rings. The summed E-state index contributed by atoms with van der Waals surface area (Å²) in [5.74, 6) is 1.58. The summed E-state index contributed by atoms with van der Waals surface area (Å²) < 4.78 is 0. The standard InChI is InChI=1S/C11H16ClN3/c1-2-3-8-5-13-10-4-9(12)7-15-11(10)14-6-8/h4,7-8,13H,2-3,5-6H2,1H3,(H,14,15).